The van der Waals surface area contributed by atoms with Gasteiger partial charge in [-0.25, -0.2) is 4.79 Å². The van der Waals surface area contributed by atoms with Crippen LogP contribution in [0.1, 0.15) is 27.4 Å². The number of nitrogens with zero attached hydrogens (tertiary/aromatic N) is 2. The molecule has 2 aromatic rings. The maximum atomic E-state index is 12.0. The highest BCUT2D eigenvalue weighted by Gasteiger charge is 2.35. The van der Waals surface area contributed by atoms with E-state index >= 15 is 0 Å². The Labute approximate surface area is 142 Å². The molecule has 1 fully saturated rings. The van der Waals surface area contributed by atoms with Crippen molar-refractivity contribution in [3.8, 4) is 6.07 Å². The van der Waals surface area contributed by atoms with Crippen LogP contribution in [0, 0.1) is 17.2 Å². The van der Waals surface area contributed by atoms with Crippen LogP contribution < -0.4 is 0 Å². The Morgan fingerprint density at radius 1 is 1.17 bits per heavy atom. The summed E-state index contributed by atoms with van der Waals surface area (Å²) in [6.07, 6.45) is 0. The number of esters is 1. The van der Waals surface area contributed by atoms with E-state index in [1.54, 1.807) is 6.07 Å². The van der Waals surface area contributed by atoms with Gasteiger partial charge in [-0.05, 0) is 17.2 Å². The zero-order valence-electron chi connectivity index (χ0n) is 13.7. The molecule has 0 aliphatic carbocycles. The lowest BCUT2D eigenvalue weighted by molar-refractivity contribution is 0.0598. The van der Waals surface area contributed by atoms with Crippen molar-refractivity contribution in [2.75, 3.05) is 20.2 Å². The van der Waals surface area contributed by atoms with Crippen LogP contribution in [-0.2, 0) is 11.3 Å². The predicted octanol–water partition coefficient (Wildman–Crippen LogP) is 3.21. The number of hydrogen-bond donors (Lipinski definition) is 0. The molecule has 4 heteroatoms. The summed E-state index contributed by atoms with van der Waals surface area (Å²) in [5.41, 5.74) is 2.70. The zero-order chi connectivity index (χ0) is 16.9. The second-order valence-corrected chi connectivity index (χ2v) is 6.10. The summed E-state index contributed by atoms with van der Waals surface area (Å²) in [7, 11) is 1.39. The fraction of sp³-hybridized carbons (Fsp3) is 0.300. The van der Waals surface area contributed by atoms with Gasteiger partial charge in [-0.1, -0.05) is 48.5 Å². The van der Waals surface area contributed by atoms with E-state index in [0.29, 0.717) is 12.1 Å². The van der Waals surface area contributed by atoms with Crippen LogP contribution in [0.4, 0.5) is 0 Å². The van der Waals surface area contributed by atoms with Gasteiger partial charge in [0, 0.05) is 25.6 Å². The lowest BCUT2D eigenvalue weighted by atomic mass is 9.87. The molecule has 2 atom stereocenters. The lowest BCUT2D eigenvalue weighted by Gasteiger charge is -2.18. The van der Waals surface area contributed by atoms with Gasteiger partial charge >= 0.3 is 5.97 Å². The van der Waals surface area contributed by atoms with Crippen molar-refractivity contribution in [2.24, 2.45) is 5.92 Å². The minimum absolute atomic E-state index is 0.0222. The molecule has 0 aromatic heterocycles. The maximum Gasteiger partial charge on any atom is 0.338 e. The van der Waals surface area contributed by atoms with Gasteiger partial charge in [-0.3, -0.25) is 4.90 Å². The first-order valence-corrected chi connectivity index (χ1v) is 8.06. The van der Waals surface area contributed by atoms with Crippen LogP contribution in [0.25, 0.3) is 0 Å². The number of ether oxygens (including phenoxy) is 1. The summed E-state index contributed by atoms with van der Waals surface area (Å²) < 4.78 is 4.89. The molecule has 24 heavy (non-hydrogen) atoms. The van der Waals surface area contributed by atoms with Crippen LogP contribution in [0.15, 0.2) is 54.6 Å². The van der Waals surface area contributed by atoms with Crippen molar-refractivity contribution in [1.82, 2.24) is 4.90 Å². The van der Waals surface area contributed by atoms with Crippen LogP contribution in [-0.4, -0.2) is 31.1 Å². The fourth-order valence-corrected chi connectivity index (χ4v) is 3.42. The molecule has 1 aliphatic rings. The molecule has 1 aliphatic heterocycles. The lowest BCUT2D eigenvalue weighted by Crippen LogP contribution is -2.20. The molecule has 122 valence electrons. The third-order valence-corrected chi connectivity index (χ3v) is 4.58. The molecule has 0 bridgehead atoms. The summed E-state index contributed by atoms with van der Waals surface area (Å²) in [5.74, 6) is -0.447. The van der Waals surface area contributed by atoms with Gasteiger partial charge in [-0.15, -0.1) is 0 Å². The van der Waals surface area contributed by atoms with E-state index in [9.17, 15) is 10.1 Å². The van der Waals surface area contributed by atoms with Gasteiger partial charge in [0.05, 0.1) is 24.7 Å². The normalized spacial score (nSPS) is 20.5. The first-order chi connectivity index (χ1) is 11.7. The maximum absolute atomic E-state index is 12.0. The van der Waals surface area contributed by atoms with Crippen molar-refractivity contribution >= 4 is 5.97 Å². The molecular formula is C20H20N2O2. The molecule has 0 spiro atoms. The third kappa shape index (κ3) is 3.32. The monoisotopic (exact) mass is 320 g/mol. The molecule has 1 unspecified atom stereocenters. The van der Waals surface area contributed by atoms with Crippen molar-refractivity contribution in [2.45, 2.75) is 12.5 Å². The van der Waals surface area contributed by atoms with Crippen molar-refractivity contribution in [3.05, 3.63) is 71.3 Å². The molecule has 4 nitrogen and oxygen atoms in total. The molecule has 0 N–H and O–H groups in total. The quantitative estimate of drug-likeness (QED) is 0.812. The highest BCUT2D eigenvalue weighted by atomic mass is 16.5. The van der Waals surface area contributed by atoms with E-state index in [0.717, 1.165) is 18.7 Å². The number of likely N-dealkylation sites (tertiary alicyclic amines) is 1. The zero-order valence-corrected chi connectivity index (χ0v) is 13.7. The van der Waals surface area contributed by atoms with E-state index in [4.69, 9.17) is 4.74 Å². The third-order valence-electron chi connectivity index (χ3n) is 4.58. The molecule has 1 heterocycles. The summed E-state index contributed by atoms with van der Waals surface area (Å²) >= 11 is 0. The standard InChI is InChI=1S/C20H20N2O2/c1-24-20(23)18-10-6-5-9-17(18)19-14-22(13-16(19)11-21)12-15-7-3-2-4-8-15/h2-10,16,19H,12-14H2,1H3/t16-,19?/m1/s1. The van der Waals surface area contributed by atoms with Gasteiger partial charge in [0.25, 0.3) is 0 Å². The Hall–Kier alpha value is -2.64. The van der Waals surface area contributed by atoms with Gasteiger partial charge < -0.3 is 4.74 Å². The Bertz CT molecular complexity index is 752. The van der Waals surface area contributed by atoms with Crippen molar-refractivity contribution < 1.29 is 9.53 Å². The van der Waals surface area contributed by atoms with E-state index in [2.05, 4.69) is 23.1 Å². The van der Waals surface area contributed by atoms with Crippen LogP contribution in [0.2, 0.25) is 0 Å². The Kier molecular flexibility index (Phi) is 4.93. The Morgan fingerprint density at radius 2 is 1.88 bits per heavy atom. The van der Waals surface area contributed by atoms with Crippen LogP contribution in [0.5, 0.6) is 0 Å². The van der Waals surface area contributed by atoms with Crippen molar-refractivity contribution in [1.29, 1.82) is 5.26 Å². The number of carbonyl (C=O) groups excluding carboxylic acids is 1. The number of hydrogen-bond acceptors (Lipinski definition) is 4. The molecule has 1 saturated heterocycles. The van der Waals surface area contributed by atoms with E-state index in [-0.39, 0.29) is 17.8 Å². The largest absolute Gasteiger partial charge is 0.465 e. The first-order valence-electron chi connectivity index (χ1n) is 8.06. The fourth-order valence-electron chi connectivity index (χ4n) is 3.42. The smallest absolute Gasteiger partial charge is 0.338 e. The Balaban J connectivity index is 1.84. The van der Waals surface area contributed by atoms with Crippen molar-refractivity contribution in [3.63, 3.8) is 0 Å². The summed E-state index contributed by atoms with van der Waals surface area (Å²) in [5, 5.41) is 9.58. The highest BCUT2D eigenvalue weighted by molar-refractivity contribution is 5.91. The van der Waals surface area contributed by atoms with Crippen LogP contribution in [0.3, 0.4) is 0 Å². The molecule has 3 rings (SSSR count). The number of carbonyl (C=O) groups is 1. The average Bonchev–Trinajstić information content (AvgIpc) is 3.04. The molecule has 0 amide bonds. The van der Waals surface area contributed by atoms with Gasteiger partial charge in [-0.2, -0.15) is 5.26 Å². The average molecular weight is 320 g/mol. The topological polar surface area (TPSA) is 53.3 Å². The second kappa shape index (κ2) is 7.29. The molecule has 2 aromatic carbocycles. The van der Waals surface area contributed by atoms with E-state index in [1.807, 2.05) is 36.4 Å². The molecular weight excluding hydrogens is 300 g/mol. The number of nitriles is 1. The highest BCUT2D eigenvalue weighted by Crippen LogP contribution is 2.35. The minimum Gasteiger partial charge on any atom is -0.465 e. The second-order valence-electron chi connectivity index (χ2n) is 6.10. The molecule has 0 radical (unpaired) electrons. The minimum atomic E-state index is -0.344. The summed E-state index contributed by atoms with van der Waals surface area (Å²) in [6.45, 7) is 2.29. The van der Waals surface area contributed by atoms with Gasteiger partial charge in [0.1, 0.15) is 0 Å². The van der Waals surface area contributed by atoms with E-state index in [1.165, 1.54) is 12.7 Å². The summed E-state index contributed by atoms with van der Waals surface area (Å²) in [6, 6.07) is 20.1. The number of benzene rings is 2. The number of methoxy groups -OCH3 is 1. The number of rotatable bonds is 4. The Morgan fingerprint density at radius 3 is 2.58 bits per heavy atom. The van der Waals surface area contributed by atoms with E-state index < -0.39 is 0 Å². The predicted molar refractivity (Wildman–Crippen MR) is 91.3 cm³/mol. The van der Waals surface area contributed by atoms with Crippen LogP contribution >= 0.6 is 0 Å². The SMILES string of the molecule is COC(=O)c1ccccc1C1CN(Cc2ccccc2)C[C@H]1C#N. The summed E-state index contributed by atoms with van der Waals surface area (Å²) in [4.78, 5) is 14.3. The van der Waals surface area contributed by atoms with Gasteiger partial charge in [0.15, 0.2) is 0 Å². The molecule has 0 saturated carbocycles. The first kappa shape index (κ1) is 16.2. The van der Waals surface area contributed by atoms with Gasteiger partial charge in [0.2, 0.25) is 0 Å².